The molecule has 0 bridgehead atoms. The van der Waals surface area contributed by atoms with Gasteiger partial charge in [0, 0.05) is 22.8 Å². The summed E-state index contributed by atoms with van der Waals surface area (Å²) in [6.45, 7) is 30.6. The first-order valence-electron chi connectivity index (χ1n) is 10.7. The van der Waals surface area contributed by atoms with E-state index in [0.717, 1.165) is 0 Å². The molecule has 0 aromatic heterocycles. The average molecular weight is 407 g/mol. The fourth-order valence-electron chi connectivity index (χ4n) is 1.50. The number of aliphatic carboxylic acids is 2. The number of rotatable bonds is 6. The molecule has 0 atom stereocenters. The minimum absolute atomic E-state index is 0.694. The quantitative estimate of drug-likeness (QED) is 0.618. The summed E-state index contributed by atoms with van der Waals surface area (Å²) in [5.74, 6) is -2.01. The molecule has 0 heterocycles. The van der Waals surface area contributed by atoms with Gasteiger partial charge in [-0.05, 0) is 41.5 Å². The summed E-state index contributed by atoms with van der Waals surface area (Å²) >= 11 is 0. The van der Waals surface area contributed by atoms with Gasteiger partial charge in [-0.1, -0.05) is 41.5 Å². The van der Waals surface area contributed by atoms with Crippen molar-refractivity contribution in [3.63, 3.8) is 0 Å². The van der Waals surface area contributed by atoms with Crippen LogP contribution in [0.15, 0.2) is 0 Å². The summed E-state index contributed by atoms with van der Waals surface area (Å²) in [7, 11) is 0. The Balaban J connectivity index is -0.000000137. The van der Waals surface area contributed by atoms with Crippen molar-refractivity contribution >= 4 is 11.9 Å². The first-order valence-corrected chi connectivity index (χ1v) is 10.7. The molecule has 0 radical (unpaired) electrons. The van der Waals surface area contributed by atoms with Gasteiger partial charge in [-0.15, -0.1) is 0 Å². The highest BCUT2D eigenvalue weighted by Gasteiger charge is 2.09. The topological polar surface area (TPSA) is 89.1 Å². The van der Waals surface area contributed by atoms with E-state index < -0.39 is 22.8 Å². The number of carboxylic acid groups (broad SMARTS) is 2. The number of nitrogens with one attached hydrogen (secondary N) is 2. The lowest BCUT2D eigenvalue weighted by Crippen LogP contribution is -3.11. The lowest BCUT2D eigenvalue weighted by atomic mass is 9.98. The van der Waals surface area contributed by atoms with Gasteiger partial charge in [0.25, 0.3) is 0 Å². The van der Waals surface area contributed by atoms with Crippen molar-refractivity contribution in [2.75, 3.05) is 39.3 Å². The molecule has 0 unspecified atom stereocenters. The van der Waals surface area contributed by atoms with Crippen LogP contribution in [0.5, 0.6) is 0 Å². The molecule has 0 rings (SSSR count). The van der Waals surface area contributed by atoms with Gasteiger partial charge in [-0.25, -0.2) is 0 Å². The van der Waals surface area contributed by atoms with E-state index in [0.29, 0.717) is 0 Å². The maximum Gasteiger partial charge on any atom is 0.0742 e. The van der Waals surface area contributed by atoms with Gasteiger partial charge in [-0.2, -0.15) is 0 Å². The van der Waals surface area contributed by atoms with E-state index in [2.05, 4.69) is 41.5 Å². The van der Waals surface area contributed by atoms with Gasteiger partial charge >= 0.3 is 0 Å². The van der Waals surface area contributed by atoms with Crippen LogP contribution >= 0.6 is 0 Å². The summed E-state index contributed by atoms with van der Waals surface area (Å²) in [6.07, 6.45) is 0. The first kappa shape index (κ1) is 34.4. The Morgan fingerprint density at radius 1 is 0.536 bits per heavy atom. The molecule has 6 heteroatoms. The van der Waals surface area contributed by atoms with E-state index in [1.807, 2.05) is 0 Å². The predicted octanol–water partition coefficient (Wildman–Crippen LogP) is -0.573. The number of carbonyl (C=O) groups excluding carboxylic acids is 2. The highest BCUT2D eigenvalue weighted by molar-refractivity contribution is 5.70. The second kappa shape index (κ2) is 19.2. The summed E-state index contributed by atoms with van der Waals surface area (Å²) in [6, 6.07) is 0. The third-order valence-corrected chi connectivity index (χ3v) is 4.22. The fraction of sp³-hybridized carbons (Fsp3) is 0.909. The second-order valence-corrected chi connectivity index (χ2v) is 8.70. The molecule has 0 aliphatic rings. The largest absolute Gasteiger partial charge is 0.550 e. The van der Waals surface area contributed by atoms with E-state index in [9.17, 15) is 19.8 Å². The zero-order chi connectivity index (χ0) is 23.6. The van der Waals surface area contributed by atoms with Gasteiger partial charge in [0.05, 0.1) is 39.3 Å². The van der Waals surface area contributed by atoms with Crippen molar-refractivity contribution in [3.8, 4) is 0 Å². The molecular weight excluding hydrogens is 356 g/mol. The third-order valence-electron chi connectivity index (χ3n) is 4.22. The van der Waals surface area contributed by atoms with E-state index in [1.165, 1.54) is 39.3 Å². The molecule has 0 saturated heterocycles. The number of hydrogen-bond acceptors (Lipinski definition) is 4. The molecule has 0 saturated carbocycles. The lowest BCUT2D eigenvalue weighted by Gasteiger charge is -2.18. The molecule has 0 amide bonds. The normalized spacial score (nSPS) is 10.8. The van der Waals surface area contributed by atoms with Crippen molar-refractivity contribution in [3.05, 3.63) is 0 Å². The minimum Gasteiger partial charge on any atom is -0.550 e. The van der Waals surface area contributed by atoms with Crippen molar-refractivity contribution in [2.45, 2.75) is 83.1 Å². The smallest absolute Gasteiger partial charge is 0.0742 e. The maximum absolute atomic E-state index is 9.91. The van der Waals surface area contributed by atoms with E-state index in [1.54, 1.807) is 51.3 Å². The summed E-state index contributed by atoms with van der Waals surface area (Å²) in [5, 5.41) is 19.8. The maximum atomic E-state index is 9.91. The Labute approximate surface area is 175 Å². The monoisotopic (exact) mass is 406 g/mol. The number of carbonyl (C=O) groups is 2. The third kappa shape index (κ3) is 27.1. The van der Waals surface area contributed by atoms with Crippen LogP contribution in [0, 0.1) is 10.8 Å². The first-order chi connectivity index (χ1) is 12.6. The fourth-order valence-corrected chi connectivity index (χ4v) is 1.50. The highest BCUT2D eigenvalue weighted by Crippen LogP contribution is 2.09. The summed E-state index contributed by atoms with van der Waals surface area (Å²) in [5.41, 5.74) is -1.39. The van der Waals surface area contributed by atoms with Gasteiger partial charge < -0.3 is 29.6 Å². The van der Waals surface area contributed by atoms with Crippen LogP contribution in [0.2, 0.25) is 0 Å². The van der Waals surface area contributed by atoms with Gasteiger partial charge in [0.2, 0.25) is 0 Å². The molecule has 0 aromatic rings. The molecule has 0 fully saturated rings. The standard InChI is InChI=1S/2C6H15N.2C5H10O2/c2*1-4-7(5-2)6-3;2*1-5(2,3)4(6)7/h2*4-6H2,1-3H3;2*1-3H3,(H,6,7). The Hall–Kier alpha value is -1.14. The van der Waals surface area contributed by atoms with Crippen LogP contribution in [0.3, 0.4) is 0 Å². The highest BCUT2D eigenvalue weighted by atomic mass is 16.4. The van der Waals surface area contributed by atoms with E-state index in [4.69, 9.17) is 0 Å². The molecule has 0 spiro atoms. The Morgan fingerprint density at radius 2 is 0.643 bits per heavy atom. The molecule has 28 heavy (non-hydrogen) atoms. The SMILES string of the molecule is CC(C)(C)C(=O)[O-].CC(C)(C)C(=O)[O-].CC[NH+](CC)CC.CC[NH+](CC)CC. The Morgan fingerprint density at radius 3 is 0.643 bits per heavy atom. The lowest BCUT2D eigenvalue weighted by molar-refractivity contribution is -0.894. The van der Waals surface area contributed by atoms with E-state index >= 15 is 0 Å². The Kier molecular flexibility index (Phi) is 23.6. The molecule has 2 N–H and O–H groups in total. The van der Waals surface area contributed by atoms with Crippen LogP contribution in [-0.4, -0.2) is 51.2 Å². The number of carboxylic acids is 2. The summed E-state index contributed by atoms with van der Waals surface area (Å²) < 4.78 is 0. The van der Waals surface area contributed by atoms with Gasteiger partial charge in [0.1, 0.15) is 0 Å². The summed E-state index contributed by atoms with van der Waals surface area (Å²) in [4.78, 5) is 23.2. The van der Waals surface area contributed by atoms with Crippen LogP contribution < -0.4 is 20.0 Å². The van der Waals surface area contributed by atoms with Crippen LogP contribution in [0.4, 0.5) is 0 Å². The Bertz CT molecular complexity index is 317. The molecule has 0 aliphatic carbocycles. The van der Waals surface area contributed by atoms with Crippen LogP contribution in [0.1, 0.15) is 83.1 Å². The zero-order valence-electron chi connectivity index (χ0n) is 20.9. The molecule has 0 aliphatic heterocycles. The van der Waals surface area contributed by atoms with Crippen molar-refractivity contribution in [2.24, 2.45) is 10.8 Å². The van der Waals surface area contributed by atoms with Crippen LogP contribution in [-0.2, 0) is 9.59 Å². The van der Waals surface area contributed by atoms with Crippen LogP contribution in [0.25, 0.3) is 0 Å². The average Bonchev–Trinajstić information content (AvgIpc) is 2.58. The number of quaternary nitrogens is 2. The van der Waals surface area contributed by atoms with E-state index in [-0.39, 0.29) is 0 Å². The predicted molar refractivity (Wildman–Crippen MR) is 114 cm³/mol. The van der Waals surface area contributed by atoms with Crippen molar-refractivity contribution < 1.29 is 29.6 Å². The minimum atomic E-state index is -1.01. The molecule has 172 valence electrons. The van der Waals surface area contributed by atoms with Crippen molar-refractivity contribution in [1.82, 2.24) is 0 Å². The van der Waals surface area contributed by atoms with Crippen molar-refractivity contribution in [1.29, 1.82) is 0 Å². The second-order valence-electron chi connectivity index (χ2n) is 8.70. The molecule has 6 nitrogen and oxygen atoms in total. The number of hydrogen-bond donors (Lipinski definition) is 2. The zero-order valence-corrected chi connectivity index (χ0v) is 20.9. The molecule has 0 aromatic carbocycles. The molecular formula is C22H50N2O4. The van der Waals surface area contributed by atoms with Gasteiger partial charge in [-0.3, -0.25) is 0 Å². The van der Waals surface area contributed by atoms with Gasteiger partial charge in [0.15, 0.2) is 0 Å².